The fourth-order valence-corrected chi connectivity index (χ4v) is 6.55. The summed E-state index contributed by atoms with van der Waals surface area (Å²) >= 11 is 1.11. The molecule has 0 radical (unpaired) electrons. The Kier molecular flexibility index (Phi) is 5.63. The van der Waals surface area contributed by atoms with Crippen LogP contribution in [0.1, 0.15) is 43.2 Å². The Labute approximate surface area is 195 Å². The molecule has 0 N–H and O–H groups in total. The third-order valence-corrected chi connectivity index (χ3v) is 8.23. The molecule has 2 aliphatic heterocycles. The van der Waals surface area contributed by atoms with E-state index in [0.717, 1.165) is 61.6 Å². The van der Waals surface area contributed by atoms with Gasteiger partial charge < -0.3 is 4.90 Å². The molecule has 0 unspecified atom stereocenters. The number of aromatic nitrogens is 4. The Morgan fingerprint density at radius 1 is 1.21 bits per heavy atom. The van der Waals surface area contributed by atoms with Crippen LogP contribution in [0.5, 0.6) is 0 Å². The normalized spacial score (nSPS) is 20.5. The maximum atomic E-state index is 12.9. The molecule has 5 heterocycles. The number of anilines is 1. The van der Waals surface area contributed by atoms with E-state index in [1.54, 1.807) is 6.07 Å². The van der Waals surface area contributed by atoms with Gasteiger partial charge >= 0.3 is 6.18 Å². The number of nitrogens with zero attached hydrogens (tertiary/aromatic N) is 6. The highest BCUT2D eigenvalue weighted by molar-refractivity contribution is 7.18. The lowest BCUT2D eigenvalue weighted by Crippen LogP contribution is -2.59. The quantitative estimate of drug-likeness (QED) is 0.508. The minimum absolute atomic E-state index is 0.204. The highest BCUT2D eigenvalue weighted by atomic mass is 32.1. The molecule has 178 valence electrons. The molecule has 2 atom stereocenters. The van der Waals surface area contributed by atoms with Crippen molar-refractivity contribution in [3.05, 3.63) is 35.2 Å². The zero-order valence-corrected chi connectivity index (χ0v) is 20.0. The molecule has 10 heteroatoms. The topological polar surface area (TPSA) is 50.1 Å². The highest BCUT2D eigenvalue weighted by Gasteiger charge is 2.50. The molecule has 0 bridgehead atoms. The summed E-state index contributed by atoms with van der Waals surface area (Å²) in [6.07, 6.45) is 2.61. The number of likely N-dealkylation sites (tertiary alicyclic amines) is 1. The lowest BCUT2D eigenvalue weighted by atomic mass is 9.76. The smallest absolute Gasteiger partial charge is 0.355 e. The molecule has 0 aliphatic carbocycles. The maximum Gasteiger partial charge on any atom is 0.393 e. The molecule has 0 saturated carbocycles. The van der Waals surface area contributed by atoms with Crippen LogP contribution < -0.4 is 4.90 Å². The average Bonchev–Trinajstić information content (AvgIpc) is 3.44. The first-order valence-electron chi connectivity index (χ1n) is 11.4. The number of aryl methyl sites for hydroxylation is 1. The van der Waals surface area contributed by atoms with Crippen LogP contribution in [0.2, 0.25) is 0 Å². The first-order chi connectivity index (χ1) is 15.7. The summed E-state index contributed by atoms with van der Waals surface area (Å²) in [4.78, 5) is 14.4. The molecular formula is C23H29F3N6S. The first-order valence-corrected chi connectivity index (χ1v) is 12.3. The zero-order chi connectivity index (χ0) is 23.4. The van der Waals surface area contributed by atoms with E-state index in [4.69, 9.17) is 0 Å². The lowest BCUT2D eigenvalue weighted by molar-refractivity contribution is -0.126. The van der Waals surface area contributed by atoms with Crippen LogP contribution >= 0.6 is 11.3 Å². The van der Waals surface area contributed by atoms with Crippen molar-refractivity contribution in [2.45, 2.75) is 45.3 Å². The molecule has 2 saturated heterocycles. The van der Waals surface area contributed by atoms with Gasteiger partial charge in [0, 0.05) is 61.3 Å². The molecule has 2 fully saturated rings. The molecular weight excluding hydrogens is 449 g/mol. The Morgan fingerprint density at radius 2 is 2.00 bits per heavy atom. The summed E-state index contributed by atoms with van der Waals surface area (Å²) in [6, 6.07) is 1.98. The maximum absolute atomic E-state index is 12.9. The second kappa shape index (κ2) is 8.23. The number of rotatable bonds is 6. The summed E-state index contributed by atoms with van der Waals surface area (Å²) in [5, 5.41) is 5.13. The number of halogens is 3. The van der Waals surface area contributed by atoms with Crippen molar-refractivity contribution in [2.24, 2.45) is 18.4 Å². The Morgan fingerprint density at radius 3 is 2.67 bits per heavy atom. The van der Waals surface area contributed by atoms with Crippen LogP contribution in [0.4, 0.5) is 19.0 Å². The van der Waals surface area contributed by atoms with Crippen molar-refractivity contribution in [3.8, 4) is 0 Å². The van der Waals surface area contributed by atoms with Crippen LogP contribution in [0, 0.1) is 11.3 Å². The molecule has 33 heavy (non-hydrogen) atoms. The van der Waals surface area contributed by atoms with Gasteiger partial charge in [0.25, 0.3) is 0 Å². The van der Waals surface area contributed by atoms with E-state index < -0.39 is 12.6 Å². The number of alkyl halides is 3. The Hall–Kier alpha value is -2.20. The fraction of sp³-hybridized carbons (Fsp3) is 0.609. The van der Waals surface area contributed by atoms with Crippen LogP contribution in [0.25, 0.3) is 10.2 Å². The van der Waals surface area contributed by atoms with Gasteiger partial charge in [0.05, 0.1) is 18.0 Å². The van der Waals surface area contributed by atoms with Gasteiger partial charge in [0.2, 0.25) is 0 Å². The van der Waals surface area contributed by atoms with Crippen molar-refractivity contribution >= 4 is 27.4 Å². The van der Waals surface area contributed by atoms with Crippen LogP contribution in [-0.4, -0.2) is 57.0 Å². The van der Waals surface area contributed by atoms with Crippen molar-refractivity contribution in [1.82, 2.24) is 24.6 Å². The van der Waals surface area contributed by atoms with Crippen molar-refractivity contribution < 1.29 is 13.2 Å². The highest BCUT2D eigenvalue weighted by Crippen LogP contribution is 2.47. The molecule has 1 spiro atoms. The molecule has 2 aliphatic rings. The summed E-state index contributed by atoms with van der Waals surface area (Å²) in [6.45, 7) is 8.31. The van der Waals surface area contributed by atoms with Gasteiger partial charge in [-0.1, -0.05) is 20.3 Å². The van der Waals surface area contributed by atoms with E-state index in [9.17, 15) is 13.2 Å². The molecule has 3 aromatic heterocycles. The van der Waals surface area contributed by atoms with Gasteiger partial charge in [-0.3, -0.25) is 9.58 Å². The van der Waals surface area contributed by atoms with Gasteiger partial charge in [-0.2, -0.15) is 18.3 Å². The fourth-order valence-electron chi connectivity index (χ4n) is 5.53. The SMILES string of the molecule is CC[C@@H](C)[C@H](c1cnn(C)c1)N1CC2(CCN(c3ncnc4sc(CC(F)(F)F)cc34)C2)C1. The predicted molar refractivity (Wildman–Crippen MR) is 123 cm³/mol. The van der Waals surface area contributed by atoms with Crippen molar-refractivity contribution in [1.29, 1.82) is 0 Å². The molecule has 0 aromatic carbocycles. The number of hydrogen-bond acceptors (Lipinski definition) is 6. The zero-order valence-electron chi connectivity index (χ0n) is 19.1. The summed E-state index contributed by atoms with van der Waals surface area (Å²) in [7, 11) is 1.95. The van der Waals surface area contributed by atoms with E-state index in [2.05, 4.69) is 44.9 Å². The van der Waals surface area contributed by atoms with Gasteiger partial charge in [-0.05, 0) is 18.4 Å². The van der Waals surface area contributed by atoms with E-state index >= 15 is 0 Å². The third-order valence-electron chi connectivity index (χ3n) is 7.19. The van der Waals surface area contributed by atoms with E-state index in [0.29, 0.717) is 16.8 Å². The van der Waals surface area contributed by atoms with E-state index in [1.165, 1.54) is 11.9 Å². The van der Waals surface area contributed by atoms with Crippen LogP contribution in [0.3, 0.4) is 0 Å². The first kappa shape index (κ1) is 22.6. The minimum Gasteiger partial charge on any atom is -0.355 e. The average molecular weight is 479 g/mol. The molecule has 6 nitrogen and oxygen atoms in total. The minimum atomic E-state index is -4.22. The second-order valence-corrected chi connectivity index (χ2v) is 10.9. The van der Waals surface area contributed by atoms with Gasteiger partial charge in [0.1, 0.15) is 17.0 Å². The van der Waals surface area contributed by atoms with Gasteiger partial charge in [0.15, 0.2) is 0 Å². The molecule has 0 amide bonds. The lowest BCUT2D eigenvalue weighted by Gasteiger charge is -2.52. The Balaban J connectivity index is 1.32. The van der Waals surface area contributed by atoms with E-state index in [-0.39, 0.29) is 10.3 Å². The third kappa shape index (κ3) is 4.35. The van der Waals surface area contributed by atoms with Crippen LogP contribution in [-0.2, 0) is 13.5 Å². The van der Waals surface area contributed by atoms with Crippen LogP contribution in [0.15, 0.2) is 24.8 Å². The molecule has 5 rings (SSSR count). The van der Waals surface area contributed by atoms with Crippen molar-refractivity contribution in [2.75, 3.05) is 31.1 Å². The summed E-state index contributed by atoms with van der Waals surface area (Å²) in [5.74, 6) is 1.30. The van der Waals surface area contributed by atoms with Gasteiger partial charge in [-0.15, -0.1) is 11.3 Å². The molecule has 3 aromatic rings. The summed E-state index contributed by atoms with van der Waals surface area (Å²) < 4.78 is 40.5. The summed E-state index contributed by atoms with van der Waals surface area (Å²) in [5.41, 5.74) is 1.47. The number of thiophene rings is 1. The Bertz CT molecular complexity index is 1130. The number of fused-ring (bicyclic) bond motifs is 1. The van der Waals surface area contributed by atoms with Crippen molar-refractivity contribution in [3.63, 3.8) is 0 Å². The monoisotopic (exact) mass is 478 g/mol. The largest absolute Gasteiger partial charge is 0.393 e. The second-order valence-electron chi connectivity index (χ2n) is 9.78. The van der Waals surface area contributed by atoms with E-state index in [1.807, 2.05) is 17.9 Å². The predicted octanol–water partition coefficient (Wildman–Crippen LogP) is 4.83. The number of hydrogen-bond donors (Lipinski definition) is 0. The standard InChI is InChI=1S/C23H29F3N6S/c1-4-15(2)19(16-9-29-30(3)10-16)32-12-22(13-32)5-6-31(11-22)20-18-7-17(8-23(24,25)26)33-21(18)28-14-27-20/h7,9-10,14-15,19H,4-6,8,11-13H2,1-3H3/t15-,19-/m1/s1. The van der Waals surface area contributed by atoms with Gasteiger partial charge in [-0.25, -0.2) is 9.97 Å².